The van der Waals surface area contributed by atoms with Crippen LogP contribution in [0.4, 0.5) is 16.4 Å². The molecule has 2 amide bonds. The highest BCUT2D eigenvalue weighted by atomic mass is 16.6. The lowest BCUT2D eigenvalue weighted by molar-refractivity contribution is 0.0566. The quantitative estimate of drug-likeness (QED) is 0.794. The third kappa shape index (κ3) is 3.87. The van der Waals surface area contributed by atoms with E-state index in [4.69, 9.17) is 4.74 Å². The Morgan fingerprint density at radius 1 is 1.03 bits per heavy atom. The highest BCUT2D eigenvalue weighted by molar-refractivity contribution is 5.93. The van der Waals surface area contributed by atoms with Crippen LogP contribution in [0.5, 0.6) is 0 Å². The number of rotatable bonds is 3. The van der Waals surface area contributed by atoms with Crippen LogP contribution in [-0.2, 0) is 11.2 Å². The molecule has 2 aliphatic heterocycles. The van der Waals surface area contributed by atoms with Crippen LogP contribution in [-0.4, -0.2) is 71.1 Å². The number of hydrogen-bond donors (Lipinski definition) is 0. The number of fused-ring (bicyclic) bond motifs is 1. The van der Waals surface area contributed by atoms with Gasteiger partial charge in [0.2, 0.25) is 5.95 Å². The van der Waals surface area contributed by atoms with Crippen LogP contribution in [0.15, 0.2) is 30.3 Å². The minimum atomic E-state index is -0.326. The molecule has 8 nitrogen and oxygen atoms in total. The molecular formula is C21H25N5O3. The van der Waals surface area contributed by atoms with Crippen LogP contribution >= 0.6 is 0 Å². The van der Waals surface area contributed by atoms with E-state index < -0.39 is 0 Å². The third-order valence-electron chi connectivity index (χ3n) is 5.28. The standard InChI is InChI=1S/C21H25N5O3/c1-3-29-21(28)25-12-10-24(11-13-25)19(27)17-14-15(2)22-20(23-17)26-9-8-16-6-4-5-7-18(16)26/h4-7,14H,3,8-13H2,1-2H3. The number of ether oxygens (including phenoxy) is 1. The minimum Gasteiger partial charge on any atom is -0.450 e. The molecule has 1 aromatic heterocycles. The Morgan fingerprint density at radius 3 is 2.52 bits per heavy atom. The third-order valence-corrected chi connectivity index (χ3v) is 5.28. The van der Waals surface area contributed by atoms with E-state index in [0.717, 1.165) is 24.3 Å². The summed E-state index contributed by atoms with van der Waals surface area (Å²) >= 11 is 0. The summed E-state index contributed by atoms with van der Waals surface area (Å²) in [5.41, 5.74) is 3.51. The number of piperazine rings is 1. The smallest absolute Gasteiger partial charge is 0.409 e. The van der Waals surface area contributed by atoms with Gasteiger partial charge in [0.1, 0.15) is 5.69 Å². The van der Waals surface area contributed by atoms with Crippen molar-refractivity contribution in [2.45, 2.75) is 20.3 Å². The lowest BCUT2D eigenvalue weighted by Crippen LogP contribution is -2.50. The van der Waals surface area contributed by atoms with E-state index in [1.807, 2.05) is 19.1 Å². The lowest BCUT2D eigenvalue weighted by atomic mass is 10.2. The number of anilines is 2. The Bertz CT molecular complexity index is 924. The minimum absolute atomic E-state index is 0.132. The summed E-state index contributed by atoms with van der Waals surface area (Å²) in [6.07, 6.45) is 0.611. The molecule has 4 rings (SSSR count). The number of aromatic nitrogens is 2. The molecule has 0 aliphatic carbocycles. The van der Waals surface area contributed by atoms with Crippen molar-refractivity contribution in [3.63, 3.8) is 0 Å². The van der Waals surface area contributed by atoms with Crippen molar-refractivity contribution in [2.75, 3.05) is 44.2 Å². The molecule has 2 aromatic rings. The van der Waals surface area contributed by atoms with Crippen LogP contribution in [0, 0.1) is 6.92 Å². The summed E-state index contributed by atoms with van der Waals surface area (Å²) in [5, 5.41) is 0. The van der Waals surface area contributed by atoms with Gasteiger partial charge in [0, 0.05) is 44.1 Å². The number of carbonyl (C=O) groups is 2. The van der Waals surface area contributed by atoms with Gasteiger partial charge >= 0.3 is 6.09 Å². The maximum atomic E-state index is 13.0. The largest absolute Gasteiger partial charge is 0.450 e. The number of hydrogen-bond acceptors (Lipinski definition) is 6. The monoisotopic (exact) mass is 395 g/mol. The van der Waals surface area contributed by atoms with Gasteiger partial charge in [-0.25, -0.2) is 14.8 Å². The molecule has 29 heavy (non-hydrogen) atoms. The Labute approximate surface area is 170 Å². The van der Waals surface area contributed by atoms with Crippen molar-refractivity contribution >= 4 is 23.6 Å². The average molecular weight is 395 g/mol. The first-order chi connectivity index (χ1) is 14.1. The van der Waals surface area contributed by atoms with E-state index in [-0.39, 0.29) is 12.0 Å². The van der Waals surface area contributed by atoms with Crippen LogP contribution in [0.1, 0.15) is 28.7 Å². The zero-order valence-electron chi connectivity index (χ0n) is 16.8. The first-order valence-corrected chi connectivity index (χ1v) is 9.99. The molecule has 0 radical (unpaired) electrons. The van der Waals surface area contributed by atoms with Crippen molar-refractivity contribution < 1.29 is 14.3 Å². The number of benzene rings is 1. The fraction of sp³-hybridized carbons (Fsp3) is 0.429. The lowest BCUT2D eigenvalue weighted by Gasteiger charge is -2.34. The number of carbonyl (C=O) groups excluding carboxylic acids is 2. The van der Waals surface area contributed by atoms with Gasteiger partial charge in [0.25, 0.3) is 5.91 Å². The van der Waals surface area contributed by atoms with Crippen molar-refractivity contribution in [3.8, 4) is 0 Å². The molecule has 2 aliphatic rings. The highest BCUT2D eigenvalue weighted by Crippen LogP contribution is 2.32. The summed E-state index contributed by atoms with van der Waals surface area (Å²) in [4.78, 5) is 39.5. The van der Waals surface area contributed by atoms with E-state index in [1.54, 1.807) is 22.8 Å². The fourth-order valence-electron chi connectivity index (χ4n) is 3.80. The summed E-state index contributed by atoms with van der Waals surface area (Å²) in [6, 6.07) is 9.93. The Morgan fingerprint density at radius 2 is 1.76 bits per heavy atom. The second kappa shape index (κ2) is 8.06. The van der Waals surface area contributed by atoms with E-state index in [9.17, 15) is 9.59 Å². The molecule has 1 aromatic carbocycles. The van der Waals surface area contributed by atoms with Crippen LogP contribution in [0.2, 0.25) is 0 Å². The van der Waals surface area contributed by atoms with Gasteiger partial charge in [0.05, 0.1) is 6.61 Å². The number of amides is 2. The molecule has 0 bridgehead atoms. The maximum absolute atomic E-state index is 13.0. The van der Waals surface area contributed by atoms with Gasteiger partial charge in [-0.3, -0.25) is 4.79 Å². The molecule has 0 saturated carbocycles. The second-order valence-electron chi connectivity index (χ2n) is 7.20. The summed E-state index contributed by atoms with van der Waals surface area (Å²) in [5.74, 6) is 0.427. The van der Waals surface area contributed by atoms with E-state index >= 15 is 0 Å². The number of para-hydroxylation sites is 1. The molecule has 0 unspecified atom stereocenters. The van der Waals surface area contributed by atoms with Crippen LogP contribution in [0.25, 0.3) is 0 Å². The summed E-state index contributed by atoms with van der Waals surface area (Å²) in [6.45, 7) is 6.65. The van der Waals surface area contributed by atoms with E-state index in [1.165, 1.54) is 5.56 Å². The molecule has 1 fully saturated rings. The predicted octanol–water partition coefficient (Wildman–Crippen LogP) is 2.39. The first kappa shape index (κ1) is 19.2. The zero-order chi connectivity index (χ0) is 20.4. The van der Waals surface area contributed by atoms with Gasteiger partial charge in [-0.15, -0.1) is 0 Å². The SMILES string of the molecule is CCOC(=O)N1CCN(C(=O)c2cc(C)nc(N3CCc4ccccc43)n2)CC1. The van der Waals surface area contributed by atoms with Gasteiger partial charge in [-0.05, 0) is 38.0 Å². The Balaban J connectivity index is 1.50. The molecule has 0 spiro atoms. The van der Waals surface area contributed by atoms with Gasteiger partial charge < -0.3 is 19.4 Å². The first-order valence-electron chi connectivity index (χ1n) is 9.99. The average Bonchev–Trinajstić information content (AvgIpc) is 3.17. The molecule has 0 N–H and O–H groups in total. The molecule has 8 heteroatoms. The summed E-state index contributed by atoms with van der Waals surface area (Å²) < 4.78 is 5.04. The summed E-state index contributed by atoms with van der Waals surface area (Å²) in [7, 11) is 0. The van der Waals surface area contributed by atoms with Crippen LogP contribution < -0.4 is 4.90 Å². The maximum Gasteiger partial charge on any atom is 0.409 e. The van der Waals surface area contributed by atoms with Crippen molar-refractivity contribution in [3.05, 3.63) is 47.3 Å². The normalized spacial score (nSPS) is 16.0. The van der Waals surface area contributed by atoms with Crippen LogP contribution in [0.3, 0.4) is 0 Å². The Kier molecular flexibility index (Phi) is 5.33. The van der Waals surface area contributed by atoms with Crippen molar-refractivity contribution in [1.29, 1.82) is 0 Å². The molecule has 0 atom stereocenters. The molecular weight excluding hydrogens is 370 g/mol. The topological polar surface area (TPSA) is 78.9 Å². The van der Waals surface area contributed by atoms with Gasteiger partial charge in [0.15, 0.2) is 0 Å². The number of nitrogens with zero attached hydrogens (tertiary/aromatic N) is 5. The molecule has 152 valence electrons. The fourth-order valence-corrected chi connectivity index (χ4v) is 3.80. The highest BCUT2D eigenvalue weighted by Gasteiger charge is 2.28. The zero-order valence-corrected chi connectivity index (χ0v) is 16.8. The van der Waals surface area contributed by atoms with Crippen molar-refractivity contribution in [1.82, 2.24) is 19.8 Å². The van der Waals surface area contributed by atoms with Gasteiger partial charge in [-0.1, -0.05) is 18.2 Å². The molecule has 1 saturated heterocycles. The van der Waals surface area contributed by atoms with Gasteiger partial charge in [-0.2, -0.15) is 0 Å². The van der Waals surface area contributed by atoms with E-state index in [0.29, 0.717) is 44.4 Å². The predicted molar refractivity (Wildman–Crippen MR) is 108 cm³/mol. The number of aryl methyl sites for hydroxylation is 1. The molecule has 3 heterocycles. The van der Waals surface area contributed by atoms with E-state index in [2.05, 4.69) is 27.0 Å². The van der Waals surface area contributed by atoms with Crippen molar-refractivity contribution in [2.24, 2.45) is 0 Å². The Hall–Kier alpha value is -3.16. The second-order valence-corrected chi connectivity index (χ2v) is 7.20.